The second-order valence-corrected chi connectivity index (χ2v) is 6.47. The lowest BCUT2D eigenvalue weighted by Crippen LogP contribution is -2.63. The first-order chi connectivity index (χ1) is 11.4. The van der Waals surface area contributed by atoms with Crippen LogP contribution in [0.25, 0.3) is 0 Å². The molecule has 10 heteroatoms. The van der Waals surface area contributed by atoms with Crippen molar-refractivity contribution in [2.45, 2.75) is 30.6 Å². The van der Waals surface area contributed by atoms with Gasteiger partial charge in [0.1, 0.15) is 24.4 Å². The van der Waals surface area contributed by atoms with Crippen molar-refractivity contribution < 1.29 is 25.2 Å². The summed E-state index contributed by atoms with van der Waals surface area (Å²) in [6.45, 7) is -0.509. The van der Waals surface area contributed by atoms with E-state index in [0.29, 0.717) is 0 Å². The number of benzene rings is 1. The second-order valence-electron chi connectivity index (χ2n) is 5.14. The van der Waals surface area contributed by atoms with Crippen molar-refractivity contribution in [3.63, 3.8) is 0 Å². The second kappa shape index (κ2) is 8.81. The van der Waals surface area contributed by atoms with Gasteiger partial charge in [-0.3, -0.25) is 5.43 Å². The first-order valence-electron chi connectivity index (χ1n) is 7.08. The molecule has 0 radical (unpaired) electrons. The van der Waals surface area contributed by atoms with Gasteiger partial charge in [-0.05, 0) is 29.9 Å². The Morgan fingerprint density at radius 1 is 1.21 bits per heavy atom. The minimum absolute atomic E-state index is 0.0488. The van der Waals surface area contributed by atoms with Gasteiger partial charge in [-0.25, -0.2) is 0 Å². The maximum Gasteiger partial charge on any atom is 0.189 e. The average Bonchev–Trinajstić information content (AvgIpc) is 2.57. The molecule has 1 aromatic carbocycles. The molecule has 0 saturated carbocycles. The normalized spacial score (nSPS) is 30.3. The van der Waals surface area contributed by atoms with Gasteiger partial charge in [0.15, 0.2) is 11.3 Å². The SMILES string of the molecule is OC[C@H]1O[C@@H](NC(=S)N/N=C/c2ccc(Br)cc2)[C@H](O)[C@@H](O)[C@@H]1O. The van der Waals surface area contributed by atoms with Gasteiger partial charge in [0.05, 0.1) is 12.8 Å². The predicted molar refractivity (Wildman–Crippen MR) is 94.4 cm³/mol. The number of aliphatic hydroxyl groups is 4. The van der Waals surface area contributed by atoms with Crippen molar-refractivity contribution in [3.05, 3.63) is 34.3 Å². The minimum atomic E-state index is -1.47. The van der Waals surface area contributed by atoms with Crippen LogP contribution >= 0.6 is 28.1 Å². The summed E-state index contributed by atoms with van der Waals surface area (Å²) in [5, 5.41) is 45.0. The highest BCUT2D eigenvalue weighted by atomic mass is 79.9. The van der Waals surface area contributed by atoms with Crippen molar-refractivity contribution in [1.82, 2.24) is 10.7 Å². The smallest absolute Gasteiger partial charge is 0.189 e. The summed E-state index contributed by atoms with van der Waals surface area (Å²) in [5.74, 6) is 0. The van der Waals surface area contributed by atoms with E-state index in [-0.39, 0.29) is 5.11 Å². The Bertz CT molecular complexity index is 586. The third kappa shape index (κ3) is 4.93. The number of nitrogens with one attached hydrogen (secondary N) is 2. The largest absolute Gasteiger partial charge is 0.394 e. The fraction of sp³-hybridized carbons (Fsp3) is 0.429. The maximum atomic E-state index is 9.89. The predicted octanol–water partition coefficient (Wildman–Crippen LogP) is -0.953. The van der Waals surface area contributed by atoms with E-state index in [1.54, 1.807) is 6.21 Å². The van der Waals surface area contributed by atoms with Gasteiger partial charge >= 0.3 is 0 Å². The molecule has 1 aliphatic rings. The van der Waals surface area contributed by atoms with Crippen molar-refractivity contribution in [1.29, 1.82) is 0 Å². The van der Waals surface area contributed by atoms with Crippen molar-refractivity contribution >= 4 is 39.5 Å². The Balaban J connectivity index is 1.88. The third-order valence-corrected chi connectivity index (χ3v) is 4.15. The zero-order valence-corrected chi connectivity index (χ0v) is 14.8. The maximum absolute atomic E-state index is 9.89. The van der Waals surface area contributed by atoms with Crippen LogP contribution in [0.3, 0.4) is 0 Å². The number of ether oxygens (including phenoxy) is 1. The zero-order valence-electron chi connectivity index (χ0n) is 12.4. The van der Waals surface area contributed by atoms with Crippen LogP contribution in [-0.2, 0) is 4.74 Å². The fourth-order valence-corrected chi connectivity index (χ4v) is 2.53. The van der Waals surface area contributed by atoms with Crippen LogP contribution in [0.5, 0.6) is 0 Å². The highest BCUT2D eigenvalue weighted by molar-refractivity contribution is 9.10. The molecule has 24 heavy (non-hydrogen) atoms. The van der Waals surface area contributed by atoms with Crippen LogP contribution in [0.2, 0.25) is 0 Å². The van der Waals surface area contributed by atoms with Crippen LogP contribution in [0.1, 0.15) is 5.56 Å². The van der Waals surface area contributed by atoms with E-state index in [4.69, 9.17) is 22.1 Å². The zero-order chi connectivity index (χ0) is 17.7. The molecule has 1 fully saturated rings. The van der Waals surface area contributed by atoms with E-state index in [0.717, 1.165) is 10.0 Å². The van der Waals surface area contributed by atoms with Gasteiger partial charge in [0, 0.05) is 4.47 Å². The Kier molecular flexibility index (Phi) is 7.04. The van der Waals surface area contributed by atoms with Gasteiger partial charge in [0.25, 0.3) is 0 Å². The van der Waals surface area contributed by atoms with E-state index >= 15 is 0 Å². The molecule has 1 saturated heterocycles. The van der Waals surface area contributed by atoms with E-state index in [2.05, 4.69) is 31.8 Å². The molecule has 8 nitrogen and oxygen atoms in total. The summed E-state index contributed by atoms with van der Waals surface area (Å²) >= 11 is 8.36. The molecule has 6 N–H and O–H groups in total. The Morgan fingerprint density at radius 3 is 2.50 bits per heavy atom. The summed E-state index contributed by atoms with van der Waals surface area (Å²) < 4.78 is 6.22. The lowest BCUT2D eigenvalue weighted by atomic mass is 9.98. The summed E-state index contributed by atoms with van der Waals surface area (Å²) in [6, 6.07) is 7.43. The first-order valence-corrected chi connectivity index (χ1v) is 8.28. The molecule has 0 amide bonds. The molecule has 0 aliphatic carbocycles. The number of hydrazone groups is 1. The molecule has 0 bridgehead atoms. The van der Waals surface area contributed by atoms with Crippen molar-refractivity contribution in [2.24, 2.45) is 5.10 Å². The molecule has 5 atom stereocenters. The monoisotopic (exact) mass is 419 g/mol. The molecular formula is C14H18BrN3O5S. The molecule has 1 heterocycles. The number of rotatable bonds is 4. The number of thiocarbonyl (C=S) groups is 1. The lowest BCUT2D eigenvalue weighted by Gasteiger charge is -2.40. The Labute approximate surface area is 152 Å². The number of hydrogen-bond acceptors (Lipinski definition) is 7. The quantitative estimate of drug-likeness (QED) is 0.209. The summed E-state index contributed by atoms with van der Waals surface area (Å²) in [4.78, 5) is 0. The Hall–Kier alpha value is -1.14. The van der Waals surface area contributed by atoms with Gasteiger partial charge in [0.2, 0.25) is 0 Å². The number of halogens is 1. The van der Waals surface area contributed by atoms with Gasteiger partial charge < -0.3 is 30.5 Å². The van der Waals surface area contributed by atoms with E-state index in [9.17, 15) is 15.3 Å². The molecule has 1 aliphatic heterocycles. The van der Waals surface area contributed by atoms with E-state index in [1.165, 1.54) is 0 Å². The van der Waals surface area contributed by atoms with Crippen LogP contribution in [0.15, 0.2) is 33.8 Å². The van der Waals surface area contributed by atoms with Crippen LogP contribution in [-0.4, -0.2) is 69.0 Å². The molecule has 0 aromatic heterocycles. The van der Waals surface area contributed by atoms with Crippen LogP contribution in [0, 0.1) is 0 Å². The lowest BCUT2D eigenvalue weighted by molar-refractivity contribution is -0.232. The molecular weight excluding hydrogens is 402 g/mol. The van der Waals surface area contributed by atoms with E-state index in [1.807, 2.05) is 24.3 Å². The molecule has 2 rings (SSSR count). The molecule has 0 unspecified atom stereocenters. The van der Waals surface area contributed by atoms with E-state index < -0.39 is 37.3 Å². The van der Waals surface area contributed by atoms with Gasteiger partial charge in [-0.2, -0.15) is 5.10 Å². The molecule has 1 aromatic rings. The summed E-state index contributed by atoms with van der Waals surface area (Å²) in [6.07, 6.45) is -4.85. The average molecular weight is 420 g/mol. The third-order valence-electron chi connectivity index (χ3n) is 3.42. The number of aliphatic hydroxyl groups excluding tert-OH is 4. The summed E-state index contributed by atoms with van der Waals surface area (Å²) in [7, 11) is 0. The van der Waals surface area contributed by atoms with Gasteiger partial charge in [-0.15, -0.1) is 0 Å². The molecule has 0 spiro atoms. The minimum Gasteiger partial charge on any atom is -0.394 e. The van der Waals surface area contributed by atoms with Crippen LogP contribution in [0.4, 0.5) is 0 Å². The highest BCUT2D eigenvalue weighted by Gasteiger charge is 2.43. The Morgan fingerprint density at radius 2 is 1.88 bits per heavy atom. The number of nitrogens with zero attached hydrogens (tertiary/aromatic N) is 1. The fourth-order valence-electron chi connectivity index (χ4n) is 2.10. The topological polar surface area (TPSA) is 127 Å². The van der Waals surface area contributed by atoms with Gasteiger partial charge in [-0.1, -0.05) is 28.1 Å². The summed E-state index contributed by atoms with van der Waals surface area (Å²) in [5.41, 5.74) is 3.40. The number of hydrogen-bond donors (Lipinski definition) is 6. The van der Waals surface area contributed by atoms with Crippen LogP contribution < -0.4 is 10.7 Å². The van der Waals surface area contributed by atoms with Crippen molar-refractivity contribution in [2.75, 3.05) is 6.61 Å². The highest BCUT2D eigenvalue weighted by Crippen LogP contribution is 2.19. The molecule has 132 valence electrons. The van der Waals surface area contributed by atoms with Crippen molar-refractivity contribution in [3.8, 4) is 0 Å². The first kappa shape index (κ1) is 19.2. The standard InChI is InChI=1S/C14H18BrN3O5S/c15-8-3-1-7(2-4-8)5-16-18-14(24)17-13-12(22)11(21)10(20)9(6-19)23-13/h1-5,9-13,19-22H,6H2,(H2,17,18,24)/b16-5+/t9-,10-,11+,12-,13-/m1/s1.